The molecule has 0 amide bonds. The van der Waals surface area contributed by atoms with E-state index in [9.17, 15) is 0 Å². The third-order valence-corrected chi connectivity index (χ3v) is 4.09. The third-order valence-electron chi connectivity index (χ3n) is 3.56. The lowest BCUT2D eigenvalue weighted by atomic mass is 10.0. The molecule has 1 aliphatic heterocycles. The Bertz CT molecular complexity index is 350. The van der Waals surface area contributed by atoms with E-state index in [-0.39, 0.29) is 0 Å². The Morgan fingerprint density at radius 1 is 1.41 bits per heavy atom. The first-order valence-electron chi connectivity index (χ1n) is 6.39. The van der Waals surface area contributed by atoms with Gasteiger partial charge in [0.05, 0.1) is 0 Å². The number of benzene rings is 1. The fourth-order valence-corrected chi connectivity index (χ4v) is 2.80. The first kappa shape index (κ1) is 13.1. The van der Waals surface area contributed by atoms with Crippen molar-refractivity contribution < 1.29 is 0 Å². The van der Waals surface area contributed by atoms with E-state index in [0.29, 0.717) is 12.1 Å². The van der Waals surface area contributed by atoms with Crippen LogP contribution < -0.4 is 5.73 Å². The number of halogens is 1. The summed E-state index contributed by atoms with van der Waals surface area (Å²) in [6.07, 6.45) is 3.54. The van der Waals surface area contributed by atoms with Gasteiger partial charge in [-0.05, 0) is 50.4 Å². The number of piperidine rings is 1. The molecule has 1 heterocycles. The summed E-state index contributed by atoms with van der Waals surface area (Å²) in [4.78, 5) is 2.52. The molecule has 94 valence electrons. The monoisotopic (exact) mass is 296 g/mol. The predicted octanol–water partition coefficient (Wildman–Crippen LogP) is 2.80. The predicted molar refractivity (Wildman–Crippen MR) is 76.1 cm³/mol. The van der Waals surface area contributed by atoms with Gasteiger partial charge in [0, 0.05) is 23.1 Å². The van der Waals surface area contributed by atoms with Gasteiger partial charge in [-0.1, -0.05) is 28.1 Å². The maximum atomic E-state index is 6.03. The fourth-order valence-electron chi connectivity index (χ4n) is 2.53. The molecule has 3 heteroatoms. The second-order valence-corrected chi connectivity index (χ2v) is 5.99. The Kier molecular flexibility index (Phi) is 4.60. The highest BCUT2D eigenvalue weighted by atomic mass is 79.9. The Labute approximate surface area is 112 Å². The molecule has 2 N–H and O–H groups in total. The molecule has 1 aliphatic rings. The topological polar surface area (TPSA) is 29.3 Å². The smallest absolute Gasteiger partial charge is 0.0175 e. The van der Waals surface area contributed by atoms with Crippen LogP contribution >= 0.6 is 15.9 Å². The first-order chi connectivity index (χ1) is 8.15. The van der Waals surface area contributed by atoms with Gasteiger partial charge in [0.1, 0.15) is 0 Å². The van der Waals surface area contributed by atoms with Gasteiger partial charge in [-0.25, -0.2) is 0 Å². The highest BCUT2D eigenvalue weighted by Gasteiger charge is 2.21. The molecule has 1 fully saturated rings. The van der Waals surface area contributed by atoms with Gasteiger partial charge in [-0.15, -0.1) is 0 Å². The second kappa shape index (κ2) is 5.98. The highest BCUT2D eigenvalue weighted by molar-refractivity contribution is 9.10. The molecule has 2 atom stereocenters. The van der Waals surface area contributed by atoms with E-state index >= 15 is 0 Å². The van der Waals surface area contributed by atoms with Gasteiger partial charge in [-0.3, -0.25) is 4.90 Å². The minimum atomic E-state index is 0.371. The molecule has 0 radical (unpaired) electrons. The number of likely N-dealkylation sites (tertiary alicyclic amines) is 1. The third kappa shape index (κ3) is 3.80. The lowest BCUT2D eigenvalue weighted by Crippen LogP contribution is -2.47. The van der Waals surface area contributed by atoms with Crippen LogP contribution in [0.3, 0.4) is 0 Å². The van der Waals surface area contributed by atoms with E-state index in [1.807, 2.05) is 0 Å². The molecule has 2 rings (SSSR count). The van der Waals surface area contributed by atoms with Crippen molar-refractivity contribution in [2.75, 3.05) is 13.1 Å². The lowest BCUT2D eigenvalue weighted by molar-refractivity contribution is 0.158. The summed E-state index contributed by atoms with van der Waals surface area (Å²) in [6.45, 7) is 4.56. The quantitative estimate of drug-likeness (QED) is 0.929. The molecule has 2 nitrogen and oxygen atoms in total. The van der Waals surface area contributed by atoms with Crippen molar-refractivity contribution in [2.24, 2.45) is 5.73 Å². The fraction of sp³-hybridized carbons (Fsp3) is 0.571. The van der Waals surface area contributed by atoms with E-state index in [0.717, 1.165) is 17.4 Å². The summed E-state index contributed by atoms with van der Waals surface area (Å²) in [5.74, 6) is 0. The SMILES string of the molecule is CC(Cc1ccc(Br)cc1)N1CCCC(N)C1. The van der Waals surface area contributed by atoms with Crippen molar-refractivity contribution in [3.05, 3.63) is 34.3 Å². The molecule has 1 aromatic carbocycles. The molecular formula is C14H21BrN2. The van der Waals surface area contributed by atoms with Crippen LogP contribution in [-0.2, 0) is 6.42 Å². The van der Waals surface area contributed by atoms with E-state index in [2.05, 4.69) is 52.0 Å². The van der Waals surface area contributed by atoms with Gasteiger partial charge >= 0.3 is 0 Å². The van der Waals surface area contributed by atoms with E-state index in [1.165, 1.54) is 24.9 Å². The van der Waals surface area contributed by atoms with Crippen molar-refractivity contribution in [2.45, 2.75) is 38.3 Å². The van der Waals surface area contributed by atoms with Crippen molar-refractivity contribution in [1.29, 1.82) is 0 Å². The van der Waals surface area contributed by atoms with Crippen LogP contribution in [0, 0.1) is 0 Å². The summed E-state index contributed by atoms with van der Waals surface area (Å²) in [7, 11) is 0. The van der Waals surface area contributed by atoms with E-state index in [4.69, 9.17) is 5.73 Å². The zero-order chi connectivity index (χ0) is 12.3. The molecule has 0 aliphatic carbocycles. The van der Waals surface area contributed by atoms with Crippen molar-refractivity contribution in [3.63, 3.8) is 0 Å². The maximum absolute atomic E-state index is 6.03. The number of hydrogen-bond donors (Lipinski definition) is 1. The molecule has 17 heavy (non-hydrogen) atoms. The van der Waals surface area contributed by atoms with Crippen LogP contribution in [0.25, 0.3) is 0 Å². The number of hydrogen-bond acceptors (Lipinski definition) is 2. The summed E-state index contributed by atoms with van der Waals surface area (Å²) in [5, 5.41) is 0. The van der Waals surface area contributed by atoms with Crippen LogP contribution in [0.4, 0.5) is 0 Å². The van der Waals surface area contributed by atoms with Gasteiger partial charge in [0.15, 0.2) is 0 Å². The normalized spacial score (nSPS) is 23.6. The van der Waals surface area contributed by atoms with Crippen LogP contribution in [0.15, 0.2) is 28.7 Å². The zero-order valence-corrected chi connectivity index (χ0v) is 12.0. The number of nitrogens with zero attached hydrogens (tertiary/aromatic N) is 1. The van der Waals surface area contributed by atoms with Gasteiger partial charge < -0.3 is 5.73 Å². The van der Waals surface area contributed by atoms with Gasteiger partial charge in [0.25, 0.3) is 0 Å². The van der Waals surface area contributed by atoms with Gasteiger partial charge in [-0.2, -0.15) is 0 Å². The number of nitrogens with two attached hydrogens (primary N) is 1. The molecule has 0 aromatic heterocycles. The minimum absolute atomic E-state index is 0.371. The largest absolute Gasteiger partial charge is 0.327 e. The second-order valence-electron chi connectivity index (χ2n) is 5.08. The molecule has 0 bridgehead atoms. The summed E-state index contributed by atoms with van der Waals surface area (Å²) >= 11 is 3.47. The summed E-state index contributed by atoms with van der Waals surface area (Å²) in [6, 6.07) is 9.58. The molecule has 1 aromatic rings. The van der Waals surface area contributed by atoms with Crippen LogP contribution in [0.2, 0.25) is 0 Å². The Balaban J connectivity index is 1.91. The molecule has 0 saturated carbocycles. The minimum Gasteiger partial charge on any atom is -0.327 e. The van der Waals surface area contributed by atoms with Crippen molar-refractivity contribution in [1.82, 2.24) is 4.90 Å². The average molecular weight is 297 g/mol. The standard InChI is InChI=1S/C14H21BrN2/c1-11(17-8-2-3-14(16)10-17)9-12-4-6-13(15)7-5-12/h4-7,11,14H,2-3,8-10,16H2,1H3. The number of rotatable bonds is 3. The van der Waals surface area contributed by atoms with Crippen LogP contribution in [0.5, 0.6) is 0 Å². The Hall–Kier alpha value is -0.380. The zero-order valence-electron chi connectivity index (χ0n) is 10.4. The first-order valence-corrected chi connectivity index (χ1v) is 7.18. The maximum Gasteiger partial charge on any atom is 0.0175 e. The Morgan fingerprint density at radius 2 is 2.12 bits per heavy atom. The van der Waals surface area contributed by atoms with Crippen LogP contribution in [0.1, 0.15) is 25.3 Å². The average Bonchev–Trinajstić information content (AvgIpc) is 2.32. The highest BCUT2D eigenvalue weighted by Crippen LogP contribution is 2.16. The van der Waals surface area contributed by atoms with E-state index in [1.54, 1.807) is 0 Å². The van der Waals surface area contributed by atoms with Gasteiger partial charge in [0.2, 0.25) is 0 Å². The molecule has 2 unspecified atom stereocenters. The lowest BCUT2D eigenvalue weighted by Gasteiger charge is -2.35. The summed E-state index contributed by atoms with van der Waals surface area (Å²) < 4.78 is 1.15. The molecule has 1 saturated heterocycles. The van der Waals surface area contributed by atoms with Crippen LogP contribution in [-0.4, -0.2) is 30.1 Å². The summed E-state index contributed by atoms with van der Waals surface area (Å²) in [5.41, 5.74) is 7.43. The van der Waals surface area contributed by atoms with Crippen molar-refractivity contribution in [3.8, 4) is 0 Å². The van der Waals surface area contributed by atoms with E-state index < -0.39 is 0 Å². The Morgan fingerprint density at radius 3 is 2.76 bits per heavy atom. The van der Waals surface area contributed by atoms with Crippen molar-refractivity contribution >= 4 is 15.9 Å². The molecule has 0 spiro atoms. The molecular weight excluding hydrogens is 276 g/mol.